The van der Waals surface area contributed by atoms with Gasteiger partial charge in [-0.2, -0.15) is 0 Å². The molecule has 2 N–H and O–H groups in total. The normalized spacial score (nSPS) is 22.0. The molecule has 1 unspecified atom stereocenters. The summed E-state index contributed by atoms with van der Waals surface area (Å²) < 4.78 is 0. The van der Waals surface area contributed by atoms with Crippen molar-refractivity contribution in [2.24, 2.45) is 0 Å². The van der Waals surface area contributed by atoms with Gasteiger partial charge in [-0.1, -0.05) is 13.8 Å². The topological polar surface area (TPSA) is 38.7 Å². The Hall–Kier alpha value is -0.160. The Balaban J connectivity index is 2.24. The van der Waals surface area contributed by atoms with Crippen molar-refractivity contribution in [1.82, 2.24) is 15.1 Å². The molecule has 0 saturated carbocycles. The lowest BCUT2D eigenvalue weighted by Crippen LogP contribution is -2.51. The summed E-state index contributed by atoms with van der Waals surface area (Å²) in [4.78, 5) is 5.07. The zero-order valence-electron chi connectivity index (χ0n) is 12.4. The van der Waals surface area contributed by atoms with Gasteiger partial charge in [0.1, 0.15) is 0 Å². The number of piperazine rings is 1. The van der Waals surface area contributed by atoms with Gasteiger partial charge in [-0.05, 0) is 32.9 Å². The van der Waals surface area contributed by atoms with Gasteiger partial charge < -0.3 is 20.2 Å². The molecule has 0 bridgehead atoms. The molecule has 4 heteroatoms. The van der Waals surface area contributed by atoms with Gasteiger partial charge in [0.15, 0.2) is 0 Å². The molecule has 18 heavy (non-hydrogen) atoms. The molecule has 4 nitrogen and oxygen atoms in total. The second-order valence-corrected chi connectivity index (χ2v) is 5.68. The summed E-state index contributed by atoms with van der Waals surface area (Å²) in [5.74, 6) is 0. The first-order valence-corrected chi connectivity index (χ1v) is 7.44. The summed E-state index contributed by atoms with van der Waals surface area (Å²) in [5, 5.41) is 12.9. The molecular formula is C14H31N3O. The first-order valence-electron chi connectivity index (χ1n) is 7.44. The SMILES string of the molecule is CCCN1CCN(CCC(C)(CO)NCC)CC1. The number of hydrogen-bond acceptors (Lipinski definition) is 4. The fraction of sp³-hybridized carbons (Fsp3) is 1.00. The summed E-state index contributed by atoms with van der Waals surface area (Å²) in [5.41, 5.74) is -0.116. The van der Waals surface area contributed by atoms with Gasteiger partial charge in [0.2, 0.25) is 0 Å². The molecule has 1 saturated heterocycles. The lowest BCUT2D eigenvalue weighted by atomic mass is 9.98. The molecule has 1 atom stereocenters. The molecule has 0 aromatic heterocycles. The van der Waals surface area contributed by atoms with Crippen molar-refractivity contribution in [3.05, 3.63) is 0 Å². The largest absolute Gasteiger partial charge is 0.394 e. The summed E-state index contributed by atoms with van der Waals surface area (Å²) in [6.45, 7) is 14.7. The van der Waals surface area contributed by atoms with Crippen LogP contribution < -0.4 is 5.32 Å². The molecule has 0 aliphatic carbocycles. The molecule has 0 spiro atoms. The van der Waals surface area contributed by atoms with Gasteiger partial charge in [0.05, 0.1) is 6.61 Å². The number of aliphatic hydroxyl groups is 1. The van der Waals surface area contributed by atoms with Crippen LogP contribution in [0.25, 0.3) is 0 Å². The van der Waals surface area contributed by atoms with E-state index in [1.54, 1.807) is 0 Å². The van der Waals surface area contributed by atoms with Gasteiger partial charge in [-0.25, -0.2) is 0 Å². The number of aliphatic hydroxyl groups excluding tert-OH is 1. The Kier molecular flexibility index (Phi) is 7.15. The van der Waals surface area contributed by atoms with E-state index in [0.717, 1.165) is 19.5 Å². The Morgan fingerprint density at radius 3 is 2.06 bits per heavy atom. The van der Waals surface area contributed by atoms with E-state index in [2.05, 4.69) is 35.9 Å². The van der Waals surface area contributed by atoms with E-state index in [4.69, 9.17) is 0 Å². The van der Waals surface area contributed by atoms with E-state index in [9.17, 15) is 5.11 Å². The van der Waals surface area contributed by atoms with Gasteiger partial charge in [-0.15, -0.1) is 0 Å². The van der Waals surface area contributed by atoms with Gasteiger partial charge in [-0.3, -0.25) is 0 Å². The molecule has 1 aliphatic rings. The summed E-state index contributed by atoms with van der Waals surface area (Å²) in [6.07, 6.45) is 2.27. The molecule has 108 valence electrons. The third-order valence-corrected chi connectivity index (χ3v) is 3.94. The van der Waals surface area contributed by atoms with E-state index >= 15 is 0 Å². The van der Waals surface area contributed by atoms with Crippen LogP contribution in [0.15, 0.2) is 0 Å². The first-order chi connectivity index (χ1) is 8.63. The first kappa shape index (κ1) is 15.9. The molecule has 0 amide bonds. The fourth-order valence-electron chi connectivity index (χ4n) is 2.61. The monoisotopic (exact) mass is 257 g/mol. The van der Waals surface area contributed by atoms with Crippen LogP contribution in [0.1, 0.15) is 33.6 Å². The van der Waals surface area contributed by atoms with Crippen LogP contribution in [-0.4, -0.2) is 72.9 Å². The molecule has 0 aromatic rings. The average molecular weight is 257 g/mol. The van der Waals surface area contributed by atoms with E-state index in [1.165, 1.54) is 39.1 Å². The van der Waals surface area contributed by atoms with Gasteiger partial charge in [0.25, 0.3) is 0 Å². The van der Waals surface area contributed by atoms with Gasteiger partial charge >= 0.3 is 0 Å². The Labute approximate surface area is 112 Å². The highest BCUT2D eigenvalue weighted by molar-refractivity contribution is 4.84. The van der Waals surface area contributed by atoms with Crippen molar-refractivity contribution in [3.63, 3.8) is 0 Å². The number of hydrogen-bond donors (Lipinski definition) is 2. The Morgan fingerprint density at radius 1 is 1.06 bits per heavy atom. The molecule has 0 radical (unpaired) electrons. The second-order valence-electron chi connectivity index (χ2n) is 5.68. The van der Waals surface area contributed by atoms with Crippen LogP contribution in [0.3, 0.4) is 0 Å². The quantitative estimate of drug-likeness (QED) is 0.673. The number of likely N-dealkylation sites (N-methyl/N-ethyl adjacent to an activating group) is 1. The fourth-order valence-corrected chi connectivity index (χ4v) is 2.61. The summed E-state index contributed by atoms with van der Waals surface area (Å²) >= 11 is 0. The minimum absolute atomic E-state index is 0.116. The van der Waals surface area contributed by atoms with Crippen molar-refractivity contribution in [2.75, 3.05) is 52.4 Å². The molecular weight excluding hydrogens is 226 g/mol. The molecule has 1 fully saturated rings. The smallest absolute Gasteiger partial charge is 0.0611 e. The zero-order chi connectivity index (χ0) is 13.4. The summed E-state index contributed by atoms with van der Waals surface area (Å²) in [7, 11) is 0. The van der Waals surface area contributed by atoms with Crippen LogP contribution in [0.4, 0.5) is 0 Å². The Morgan fingerprint density at radius 2 is 1.61 bits per heavy atom. The summed E-state index contributed by atoms with van der Waals surface area (Å²) in [6, 6.07) is 0. The highest BCUT2D eigenvalue weighted by Crippen LogP contribution is 2.11. The third-order valence-electron chi connectivity index (χ3n) is 3.94. The number of nitrogens with zero attached hydrogens (tertiary/aromatic N) is 2. The zero-order valence-corrected chi connectivity index (χ0v) is 12.4. The lowest BCUT2D eigenvalue weighted by Gasteiger charge is -2.37. The minimum Gasteiger partial charge on any atom is -0.394 e. The van der Waals surface area contributed by atoms with Crippen LogP contribution in [0, 0.1) is 0 Å². The molecule has 1 aliphatic heterocycles. The lowest BCUT2D eigenvalue weighted by molar-refractivity contribution is 0.107. The van der Waals surface area contributed by atoms with Crippen molar-refractivity contribution < 1.29 is 5.11 Å². The third kappa shape index (κ3) is 5.22. The number of nitrogens with one attached hydrogen (secondary N) is 1. The van der Waals surface area contributed by atoms with Crippen molar-refractivity contribution in [1.29, 1.82) is 0 Å². The maximum atomic E-state index is 9.47. The van der Waals surface area contributed by atoms with E-state index in [0.29, 0.717) is 0 Å². The molecule has 0 aromatic carbocycles. The number of rotatable bonds is 8. The van der Waals surface area contributed by atoms with Crippen molar-refractivity contribution in [2.45, 2.75) is 39.2 Å². The van der Waals surface area contributed by atoms with Crippen LogP contribution >= 0.6 is 0 Å². The van der Waals surface area contributed by atoms with Crippen molar-refractivity contribution >= 4 is 0 Å². The molecule has 1 heterocycles. The Bertz CT molecular complexity index is 217. The highest BCUT2D eigenvalue weighted by atomic mass is 16.3. The van der Waals surface area contributed by atoms with Crippen LogP contribution in [0.2, 0.25) is 0 Å². The second kappa shape index (κ2) is 8.10. The van der Waals surface area contributed by atoms with Crippen LogP contribution in [-0.2, 0) is 0 Å². The maximum Gasteiger partial charge on any atom is 0.0611 e. The predicted octanol–water partition coefficient (Wildman–Crippen LogP) is 0.765. The van der Waals surface area contributed by atoms with E-state index in [-0.39, 0.29) is 12.1 Å². The predicted molar refractivity (Wildman–Crippen MR) is 77.0 cm³/mol. The van der Waals surface area contributed by atoms with Crippen LogP contribution in [0.5, 0.6) is 0 Å². The van der Waals surface area contributed by atoms with Gasteiger partial charge in [0, 0.05) is 38.3 Å². The minimum atomic E-state index is -0.116. The maximum absolute atomic E-state index is 9.47. The van der Waals surface area contributed by atoms with Crippen molar-refractivity contribution in [3.8, 4) is 0 Å². The average Bonchev–Trinajstić information content (AvgIpc) is 2.39. The van der Waals surface area contributed by atoms with E-state index < -0.39 is 0 Å². The highest BCUT2D eigenvalue weighted by Gasteiger charge is 2.24. The standard InChI is InChI=1S/C14H31N3O/c1-4-7-16-9-11-17(12-10-16)8-6-14(3,13-18)15-5-2/h15,18H,4-13H2,1-3H3. The van der Waals surface area contributed by atoms with E-state index in [1.807, 2.05) is 0 Å². The molecule has 1 rings (SSSR count).